The van der Waals surface area contributed by atoms with Crippen LogP contribution in [0.3, 0.4) is 0 Å². The maximum atomic E-state index is 13.1. The number of Topliss-reactive ketones (excluding diaryl/α,β-unsaturated/α-hetero) is 1. The molecule has 1 aliphatic rings. The van der Waals surface area contributed by atoms with Gasteiger partial charge in [-0.3, -0.25) is 14.6 Å². The molecule has 2 heterocycles. The fourth-order valence-corrected chi connectivity index (χ4v) is 3.99. The number of rotatable bonds is 5. The van der Waals surface area contributed by atoms with Crippen LogP contribution in [0.15, 0.2) is 72.6 Å². The van der Waals surface area contributed by atoms with Crippen LogP contribution in [0, 0.1) is 0 Å². The van der Waals surface area contributed by atoms with E-state index in [2.05, 4.69) is 4.98 Å². The molecule has 0 radical (unpaired) electrons. The zero-order valence-electron chi connectivity index (χ0n) is 17.0. The van der Waals surface area contributed by atoms with Gasteiger partial charge in [0.25, 0.3) is 11.7 Å². The predicted octanol–water partition coefficient (Wildman–Crippen LogP) is 5.02. The molecule has 2 aromatic carbocycles. The summed E-state index contributed by atoms with van der Waals surface area (Å²) < 4.78 is 5.26. The number of ketones is 1. The first kappa shape index (κ1) is 21.9. The average molecular weight is 469 g/mol. The number of ether oxygens (including phenoxy) is 1. The number of carbonyl (C=O) groups excluding carboxylic acids is 2. The number of likely N-dealkylation sites (tertiary alicyclic amines) is 1. The summed E-state index contributed by atoms with van der Waals surface area (Å²) in [5.74, 6) is -1.20. The molecule has 1 amide bonds. The van der Waals surface area contributed by atoms with Crippen LogP contribution in [0.25, 0.3) is 5.76 Å². The normalized spacial score (nSPS) is 17.6. The van der Waals surface area contributed by atoms with E-state index in [1.807, 2.05) is 6.07 Å². The monoisotopic (exact) mass is 468 g/mol. The average Bonchev–Trinajstić information content (AvgIpc) is 3.06. The highest BCUT2D eigenvalue weighted by Gasteiger charge is 2.46. The first-order valence-corrected chi connectivity index (χ1v) is 10.4. The van der Waals surface area contributed by atoms with Crippen molar-refractivity contribution in [3.8, 4) is 5.75 Å². The van der Waals surface area contributed by atoms with Gasteiger partial charge in [0.15, 0.2) is 0 Å². The highest BCUT2D eigenvalue weighted by atomic mass is 35.5. The van der Waals surface area contributed by atoms with Crippen molar-refractivity contribution in [3.63, 3.8) is 0 Å². The van der Waals surface area contributed by atoms with E-state index < -0.39 is 17.7 Å². The second-order valence-corrected chi connectivity index (χ2v) is 8.01. The Morgan fingerprint density at radius 2 is 1.91 bits per heavy atom. The molecule has 6 nitrogen and oxygen atoms in total. The van der Waals surface area contributed by atoms with Gasteiger partial charge in [-0.1, -0.05) is 41.4 Å². The lowest BCUT2D eigenvalue weighted by molar-refractivity contribution is -0.140. The molecule has 1 saturated heterocycles. The Hall–Kier alpha value is -3.35. The van der Waals surface area contributed by atoms with Gasteiger partial charge in [-0.15, -0.1) is 0 Å². The summed E-state index contributed by atoms with van der Waals surface area (Å²) in [5, 5.41) is 11.6. The molecule has 32 heavy (non-hydrogen) atoms. The van der Waals surface area contributed by atoms with Gasteiger partial charge in [0, 0.05) is 24.5 Å². The number of halogens is 2. The number of amides is 1. The van der Waals surface area contributed by atoms with E-state index in [-0.39, 0.29) is 28.5 Å². The Bertz CT molecular complexity index is 1230. The second-order valence-electron chi connectivity index (χ2n) is 7.19. The van der Waals surface area contributed by atoms with Crippen LogP contribution in [0.4, 0.5) is 0 Å². The smallest absolute Gasteiger partial charge is 0.295 e. The first-order valence-electron chi connectivity index (χ1n) is 9.67. The maximum Gasteiger partial charge on any atom is 0.295 e. The minimum atomic E-state index is -0.829. The summed E-state index contributed by atoms with van der Waals surface area (Å²) in [5.41, 5.74) is 1.61. The number of methoxy groups -OCH3 is 1. The molecule has 1 N–H and O–H groups in total. The van der Waals surface area contributed by atoms with Gasteiger partial charge in [-0.25, -0.2) is 0 Å². The molecule has 3 aromatic rings. The van der Waals surface area contributed by atoms with Crippen LogP contribution >= 0.6 is 23.2 Å². The summed E-state index contributed by atoms with van der Waals surface area (Å²) >= 11 is 12.1. The molecular formula is C24H18Cl2N2O4. The van der Waals surface area contributed by atoms with Crippen LogP contribution in [0.1, 0.15) is 22.7 Å². The van der Waals surface area contributed by atoms with Gasteiger partial charge in [-0.05, 0) is 47.5 Å². The quantitative estimate of drug-likeness (QED) is 0.323. The summed E-state index contributed by atoms with van der Waals surface area (Å²) in [6.07, 6.45) is 3.16. The Labute approximate surface area is 194 Å². The van der Waals surface area contributed by atoms with Crippen molar-refractivity contribution < 1.29 is 19.4 Å². The number of pyridine rings is 1. The fraction of sp³-hybridized carbons (Fsp3) is 0.125. The van der Waals surface area contributed by atoms with Crippen LogP contribution in [-0.4, -0.2) is 33.8 Å². The Balaban J connectivity index is 1.84. The highest BCUT2D eigenvalue weighted by molar-refractivity contribution is 6.46. The van der Waals surface area contributed by atoms with Crippen molar-refractivity contribution >= 4 is 40.7 Å². The van der Waals surface area contributed by atoms with Gasteiger partial charge in [0.1, 0.15) is 11.5 Å². The van der Waals surface area contributed by atoms with E-state index >= 15 is 0 Å². The highest BCUT2D eigenvalue weighted by Crippen LogP contribution is 2.40. The van der Waals surface area contributed by atoms with Gasteiger partial charge in [0.2, 0.25) is 0 Å². The maximum absolute atomic E-state index is 13.1. The molecular weight excluding hydrogens is 451 g/mol. The number of hydrogen-bond donors (Lipinski definition) is 1. The summed E-state index contributed by atoms with van der Waals surface area (Å²) in [7, 11) is 1.55. The lowest BCUT2D eigenvalue weighted by Crippen LogP contribution is -2.29. The number of aromatic nitrogens is 1. The number of carbonyl (C=O) groups is 2. The second kappa shape index (κ2) is 9.02. The summed E-state index contributed by atoms with van der Waals surface area (Å²) in [6.45, 7) is 0.138. The largest absolute Gasteiger partial charge is 0.507 e. The summed E-state index contributed by atoms with van der Waals surface area (Å²) in [6, 6.07) is 14.4. The van der Waals surface area contributed by atoms with E-state index in [0.717, 1.165) is 5.56 Å². The molecule has 1 fully saturated rings. The lowest BCUT2D eigenvalue weighted by Gasteiger charge is -2.25. The molecule has 0 bridgehead atoms. The third kappa shape index (κ3) is 4.07. The van der Waals surface area contributed by atoms with Gasteiger partial charge in [0.05, 0.1) is 28.8 Å². The standard InChI is InChI=1S/C24H18Cl2N2O4/c1-32-17-6-2-4-14(10-17)13-28-21(16-5-3-9-27-12-16)20(23(30)24(28)31)22(29)15-7-8-18(25)19(26)11-15/h2-12,21,29H,13H2,1H3/b22-20-. The Kier molecular flexibility index (Phi) is 6.17. The lowest BCUT2D eigenvalue weighted by atomic mass is 9.96. The van der Waals surface area contributed by atoms with Gasteiger partial charge >= 0.3 is 0 Å². The SMILES string of the molecule is COc1cccc(CN2C(=O)C(=O)/C(=C(\O)c3ccc(Cl)c(Cl)c3)C2c2cccnc2)c1. The predicted molar refractivity (Wildman–Crippen MR) is 122 cm³/mol. The third-order valence-electron chi connectivity index (χ3n) is 5.22. The molecule has 1 aromatic heterocycles. The van der Waals surface area contributed by atoms with Gasteiger partial charge < -0.3 is 14.7 Å². The van der Waals surface area contributed by atoms with E-state index in [1.54, 1.807) is 55.9 Å². The number of aliphatic hydroxyl groups excluding tert-OH is 1. The van der Waals surface area contributed by atoms with E-state index in [1.165, 1.54) is 17.0 Å². The molecule has 1 unspecified atom stereocenters. The number of benzene rings is 2. The van der Waals surface area contributed by atoms with Crippen molar-refractivity contribution in [2.75, 3.05) is 7.11 Å². The van der Waals surface area contributed by atoms with Crippen molar-refractivity contribution in [1.29, 1.82) is 0 Å². The van der Waals surface area contributed by atoms with Crippen molar-refractivity contribution in [3.05, 3.63) is 99.3 Å². The number of aliphatic hydroxyl groups is 1. The topological polar surface area (TPSA) is 79.7 Å². The molecule has 4 rings (SSSR count). The van der Waals surface area contributed by atoms with Crippen LogP contribution < -0.4 is 4.74 Å². The zero-order chi connectivity index (χ0) is 22.8. The number of hydrogen-bond acceptors (Lipinski definition) is 5. The van der Waals surface area contributed by atoms with Crippen LogP contribution in [0.5, 0.6) is 5.75 Å². The van der Waals surface area contributed by atoms with Gasteiger partial charge in [-0.2, -0.15) is 0 Å². The van der Waals surface area contributed by atoms with Crippen molar-refractivity contribution in [2.24, 2.45) is 0 Å². The van der Waals surface area contributed by atoms with Crippen LogP contribution in [-0.2, 0) is 16.1 Å². The Morgan fingerprint density at radius 1 is 1.09 bits per heavy atom. The minimum Gasteiger partial charge on any atom is -0.507 e. The van der Waals surface area contributed by atoms with Crippen molar-refractivity contribution in [1.82, 2.24) is 9.88 Å². The molecule has 1 atom stereocenters. The molecule has 0 saturated carbocycles. The van der Waals surface area contributed by atoms with E-state index in [4.69, 9.17) is 27.9 Å². The fourth-order valence-electron chi connectivity index (χ4n) is 3.69. The van der Waals surface area contributed by atoms with Crippen LogP contribution in [0.2, 0.25) is 10.0 Å². The zero-order valence-corrected chi connectivity index (χ0v) is 18.5. The summed E-state index contributed by atoms with van der Waals surface area (Å²) in [4.78, 5) is 31.7. The molecule has 162 valence electrons. The van der Waals surface area contributed by atoms with E-state index in [9.17, 15) is 14.7 Å². The molecule has 8 heteroatoms. The molecule has 0 spiro atoms. The van der Waals surface area contributed by atoms with Crippen molar-refractivity contribution in [2.45, 2.75) is 12.6 Å². The molecule has 1 aliphatic heterocycles. The molecule has 0 aliphatic carbocycles. The Morgan fingerprint density at radius 3 is 2.59 bits per heavy atom. The first-order chi connectivity index (χ1) is 15.4. The minimum absolute atomic E-state index is 0.0377. The third-order valence-corrected chi connectivity index (χ3v) is 5.96. The number of nitrogens with zero attached hydrogens (tertiary/aromatic N) is 2. The van der Waals surface area contributed by atoms with E-state index in [0.29, 0.717) is 16.3 Å².